The Morgan fingerprint density at radius 3 is 2.24 bits per heavy atom. The first-order valence-electron chi connectivity index (χ1n) is 6.62. The zero-order chi connectivity index (χ0) is 15.6. The van der Waals surface area contributed by atoms with Gasteiger partial charge in [-0.25, -0.2) is 26.3 Å². The number of halogens is 4. The van der Waals surface area contributed by atoms with Crippen LogP contribution in [0.5, 0.6) is 0 Å². The lowest BCUT2D eigenvalue weighted by molar-refractivity contribution is 0.482. The summed E-state index contributed by atoms with van der Waals surface area (Å²) in [4.78, 5) is -1.23. The Morgan fingerprint density at radius 1 is 1.05 bits per heavy atom. The van der Waals surface area contributed by atoms with Gasteiger partial charge in [0.05, 0.1) is 0 Å². The second kappa shape index (κ2) is 6.66. The topological polar surface area (TPSA) is 46.2 Å². The Balaban J connectivity index is 2.30. The van der Waals surface area contributed by atoms with Gasteiger partial charge in [0.1, 0.15) is 17.5 Å². The molecule has 0 aliphatic heterocycles. The van der Waals surface area contributed by atoms with E-state index in [1.807, 2.05) is 0 Å². The summed E-state index contributed by atoms with van der Waals surface area (Å²) < 4.78 is 66.8. The van der Waals surface area contributed by atoms with Crippen molar-refractivity contribution in [1.29, 1.82) is 0 Å². The lowest BCUT2D eigenvalue weighted by Crippen LogP contribution is -2.40. The Morgan fingerprint density at radius 2 is 1.62 bits per heavy atom. The van der Waals surface area contributed by atoms with Crippen molar-refractivity contribution in [2.45, 2.75) is 47.9 Å². The average molecular weight is 386 g/mol. The van der Waals surface area contributed by atoms with Crippen LogP contribution in [-0.4, -0.2) is 19.3 Å². The molecule has 1 saturated carbocycles. The van der Waals surface area contributed by atoms with E-state index in [-0.39, 0.29) is 4.83 Å². The molecule has 1 N–H and O–H groups in total. The van der Waals surface area contributed by atoms with E-state index in [9.17, 15) is 21.6 Å². The van der Waals surface area contributed by atoms with E-state index in [0.717, 1.165) is 25.7 Å². The lowest BCUT2D eigenvalue weighted by atomic mass is 10.1. The third-order valence-corrected chi connectivity index (χ3v) is 6.11. The summed E-state index contributed by atoms with van der Waals surface area (Å²) in [5, 5.41) is 0. The first-order chi connectivity index (χ1) is 9.81. The van der Waals surface area contributed by atoms with Crippen LogP contribution < -0.4 is 4.72 Å². The number of sulfonamides is 1. The van der Waals surface area contributed by atoms with E-state index in [1.165, 1.54) is 0 Å². The van der Waals surface area contributed by atoms with Crippen LogP contribution in [0.25, 0.3) is 0 Å². The summed E-state index contributed by atoms with van der Waals surface area (Å²) in [5.41, 5.74) is 0. The number of rotatable bonds is 3. The number of hydrogen-bond donors (Lipinski definition) is 1. The van der Waals surface area contributed by atoms with E-state index >= 15 is 0 Å². The quantitative estimate of drug-likeness (QED) is 0.639. The van der Waals surface area contributed by atoms with Crippen molar-refractivity contribution in [2.75, 3.05) is 0 Å². The van der Waals surface area contributed by atoms with Gasteiger partial charge < -0.3 is 0 Å². The van der Waals surface area contributed by atoms with Crippen LogP contribution in [0.1, 0.15) is 32.1 Å². The zero-order valence-electron chi connectivity index (χ0n) is 11.1. The molecule has 1 aromatic carbocycles. The van der Waals surface area contributed by atoms with Crippen molar-refractivity contribution in [1.82, 2.24) is 4.72 Å². The Labute approximate surface area is 130 Å². The van der Waals surface area contributed by atoms with Gasteiger partial charge in [-0.1, -0.05) is 35.2 Å². The van der Waals surface area contributed by atoms with Crippen LogP contribution in [0.3, 0.4) is 0 Å². The largest absolute Gasteiger partial charge is 0.246 e. The molecule has 0 aromatic heterocycles. The fraction of sp³-hybridized carbons (Fsp3) is 0.538. The lowest BCUT2D eigenvalue weighted by Gasteiger charge is -2.21. The SMILES string of the molecule is O=S(=O)(NC1CCCCCC1Br)c1c(F)cc(F)cc1F. The number of nitrogens with one attached hydrogen (secondary N) is 1. The molecule has 0 heterocycles. The van der Waals surface area contributed by atoms with Gasteiger partial charge in [0.2, 0.25) is 10.0 Å². The van der Waals surface area contributed by atoms with Crippen LogP contribution in [0.4, 0.5) is 13.2 Å². The highest BCUT2D eigenvalue weighted by molar-refractivity contribution is 9.09. The minimum Gasteiger partial charge on any atom is -0.207 e. The molecular formula is C13H15BrF3NO2S. The molecule has 2 atom stereocenters. The molecule has 1 aliphatic carbocycles. The van der Waals surface area contributed by atoms with Crippen LogP contribution in [0.15, 0.2) is 17.0 Å². The molecule has 0 saturated heterocycles. The zero-order valence-corrected chi connectivity index (χ0v) is 13.5. The van der Waals surface area contributed by atoms with Gasteiger partial charge in [0, 0.05) is 23.0 Å². The third-order valence-electron chi connectivity index (χ3n) is 3.47. The van der Waals surface area contributed by atoms with Crippen molar-refractivity contribution in [3.8, 4) is 0 Å². The standard InChI is InChI=1S/C13H15BrF3NO2S/c14-9-4-2-1-3-5-12(9)18-21(19,20)13-10(16)6-8(15)7-11(13)17/h6-7,9,12,18H,1-5H2. The predicted molar refractivity (Wildman–Crippen MR) is 76.2 cm³/mol. The van der Waals surface area contributed by atoms with Gasteiger partial charge in [-0.3, -0.25) is 0 Å². The summed E-state index contributed by atoms with van der Waals surface area (Å²) >= 11 is 3.40. The van der Waals surface area contributed by atoms with E-state index < -0.39 is 38.4 Å². The van der Waals surface area contributed by atoms with E-state index in [2.05, 4.69) is 20.7 Å². The maximum Gasteiger partial charge on any atom is 0.246 e. The summed E-state index contributed by atoms with van der Waals surface area (Å²) in [5.74, 6) is -4.02. The van der Waals surface area contributed by atoms with Gasteiger partial charge in [-0.2, -0.15) is 0 Å². The van der Waals surface area contributed by atoms with E-state index in [1.54, 1.807) is 0 Å². The third kappa shape index (κ3) is 3.98. The molecule has 8 heteroatoms. The maximum absolute atomic E-state index is 13.6. The van der Waals surface area contributed by atoms with E-state index in [0.29, 0.717) is 18.6 Å². The summed E-state index contributed by atoms with van der Waals surface area (Å²) in [6.07, 6.45) is 4.15. The smallest absolute Gasteiger partial charge is 0.207 e. The van der Waals surface area contributed by atoms with Gasteiger partial charge in [0.15, 0.2) is 4.90 Å². The fourth-order valence-corrected chi connectivity index (χ4v) is 4.76. The number of benzene rings is 1. The van der Waals surface area contributed by atoms with Gasteiger partial charge in [-0.15, -0.1) is 0 Å². The average Bonchev–Trinajstić information content (AvgIpc) is 2.52. The summed E-state index contributed by atoms with van der Waals surface area (Å²) in [6, 6.07) is 0.272. The van der Waals surface area contributed by atoms with Gasteiger partial charge >= 0.3 is 0 Å². The normalized spacial score (nSPS) is 23.8. The highest BCUT2D eigenvalue weighted by atomic mass is 79.9. The Bertz CT molecular complexity index is 601. The van der Waals surface area contributed by atoms with Crippen molar-refractivity contribution < 1.29 is 21.6 Å². The monoisotopic (exact) mass is 385 g/mol. The fourth-order valence-electron chi connectivity index (χ4n) is 2.44. The van der Waals surface area contributed by atoms with Gasteiger partial charge in [0.25, 0.3) is 0 Å². The molecule has 3 nitrogen and oxygen atoms in total. The molecular weight excluding hydrogens is 371 g/mol. The molecule has 1 fully saturated rings. The first-order valence-corrected chi connectivity index (χ1v) is 9.02. The first kappa shape index (κ1) is 16.8. The summed E-state index contributed by atoms with van der Waals surface area (Å²) in [6.45, 7) is 0. The maximum atomic E-state index is 13.6. The number of alkyl halides is 1. The molecule has 1 aliphatic rings. The molecule has 0 amide bonds. The van der Waals surface area contributed by atoms with Crippen LogP contribution in [0, 0.1) is 17.5 Å². The van der Waals surface area contributed by atoms with E-state index in [4.69, 9.17) is 0 Å². The van der Waals surface area contributed by atoms with Crippen LogP contribution >= 0.6 is 15.9 Å². The van der Waals surface area contributed by atoms with Gasteiger partial charge in [-0.05, 0) is 12.8 Å². The molecule has 2 rings (SSSR count). The molecule has 0 spiro atoms. The van der Waals surface area contributed by atoms with Crippen molar-refractivity contribution in [3.05, 3.63) is 29.6 Å². The molecule has 0 radical (unpaired) electrons. The highest BCUT2D eigenvalue weighted by Gasteiger charge is 2.31. The second-order valence-electron chi connectivity index (χ2n) is 5.08. The molecule has 0 bridgehead atoms. The Kier molecular flexibility index (Phi) is 5.32. The second-order valence-corrected chi connectivity index (χ2v) is 7.91. The van der Waals surface area contributed by atoms with Crippen LogP contribution in [-0.2, 0) is 10.0 Å². The van der Waals surface area contributed by atoms with Crippen LogP contribution in [0.2, 0.25) is 0 Å². The molecule has 1 aromatic rings. The Hall–Kier alpha value is -0.600. The predicted octanol–water partition coefficient (Wildman–Crippen LogP) is 3.48. The minimum atomic E-state index is -4.38. The molecule has 118 valence electrons. The van der Waals surface area contributed by atoms with Crippen molar-refractivity contribution in [2.24, 2.45) is 0 Å². The molecule has 21 heavy (non-hydrogen) atoms. The van der Waals surface area contributed by atoms with Crippen molar-refractivity contribution >= 4 is 26.0 Å². The molecule has 2 unspecified atom stereocenters. The minimum absolute atomic E-state index is 0.0960. The highest BCUT2D eigenvalue weighted by Crippen LogP contribution is 2.26. The van der Waals surface area contributed by atoms with Crippen molar-refractivity contribution in [3.63, 3.8) is 0 Å². The summed E-state index contributed by atoms with van der Waals surface area (Å²) in [7, 11) is -4.38. The number of hydrogen-bond acceptors (Lipinski definition) is 2.